The first kappa shape index (κ1) is 32.9. The molecule has 1 aliphatic heterocycles. The zero-order valence-electron chi connectivity index (χ0n) is 24.7. The number of carboxylic acid groups (broad SMARTS) is 1. The Hall–Kier alpha value is -4.61. The molecule has 0 spiro atoms. The highest BCUT2D eigenvalue weighted by Gasteiger charge is 2.29. The summed E-state index contributed by atoms with van der Waals surface area (Å²) in [7, 11) is 0. The average molecular weight is 597 g/mol. The van der Waals surface area contributed by atoms with Crippen molar-refractivity contribution in [1.82, 2.24) is 15.5 Å². The summed E-state index contributed by atoms with van der Waals surface area (Å²) in [5.74, 6) is -2.10. The van der Waals surface area contributed by atoms with Gasteiger partial charge < -0.3 is 35.8 Å². The number of hydrogen-bond donors (Lipinski definition) is 4. The molecule has 2 aromatic carbocycles. The fraction of sp³-hybridized carbons (Fsp3) is 0.452. The molecule has 12 nitrogen and oxygen atoms in total. The summed E-state index contributed by atoms with van der Waals surface area (Å²) in [4.78, 5) is 63.1. The van der Waals surface area contributed by atoms with E-state index < -0.39 is 36.0 Å². The predicted molar refractivity (Wildman–Crippen MR) is 157 cm³/mol. The van der Waals surface area contributed by atoms with Crippen LogP contribution in [0.1, 0.15) is 44.2 Å². The maximum atomic E-state index is 13.1. The third-order valence-electron chi connectivity index (χ3n) is 7.15. The van der Waals surface area contributed by atoms with E-state index in [0.717, 1.165) is 5.56 Å². The van der Waals surface area contributed by atoms with Crippen molar-refractivity contribution in [3.8, 4) is 11.5 Å². The number of ether oxygens (including phenoxy) is 2. The summed E-state index contributed by atoms with van der Waals surface area (Å²) in [6.07, 6.45) is 0.681. The number of primary amides is 1. The number of likely N-dealkylation sites (tertiary alicyclic amines) is 1. The van der Waals surface area contributed by atoms with Crippen LogP contribution in [0.4, 0.5) is 4.79 Å². The van der Waals surface area contributed by atoms with Crippen LogP contribution in [0.5, 0.6) is 11.5 Å². The Kier molecular flexibility index (Phi) is 11.9. The molecule has 0 aliphatic carbocycles. The van der Waals surface area contributed by atoms with E-state index in [1.54, 1.807) is 36.4 Å². The van der Waals surface area contributed by atoms with Gasteiger partial charge in [-0.05, 0) is 61.4 Å². The molecule has 43 heavy (non-hydrogen) atoms. The van der Waals surface area contributed by atoms with Crippen LogP contribution < -0.4 is 25.8 Å². The Labute approximate surface area is 250 Å². The Balaban J connectivity index is 1.55. The lowest BCUT2D eigenvalue weighted by Gasteiger charge is -2.29. The second-order valence-corrected chi connectivity index (χ2v) is 11.1. The van der Waals surface area contributed by atoms with Crippen LogP contribution in [-0.2, 0) is 25.6 Å². The van der Waals surface area contributed by atoms with Crippen molar-refractivity contribution in [2.45, 2.75) is 58.5 Å². The summed E-state index contributed by atoms with van der Waals surface area (Å²) < 4.78 is 11.0. The third-order valence-corrected chi connectivity index (χ3v) is 7.15. The Morgan fingerprint density at radius 1 is 0.977 bits per heavy atom. The second-order valence-electron chi connectivity index (χ2n) is 11.1. The molecule has 3 rings (SSSR count). The zero-order valence-corrected chi connectivity index (χ0v) is 24.7. The van der Waals surface area contributed by atoms with Crippen LogP contribution in [0, 0.1) is 18.8 Å². The molecular weight excluding hydrogens is 556 g/mol. The molecule has 2 aromatic rings. The maximum Gasteiger partial charge on any atom is 0.415 e. The molecular formula is C31H40N4O8. The molecule has 0 unspecified atom stereocenters. The minimum Gasteiger partial charge on any atom is -0.484 e. The minimum absolute atomic E-state index is 0.0331. The highest BCUT2D eigenvalue weighted by atomic mass is 16.6. The molecule has 0 aromatic heterocycles. The molecule has 1 fully saturated rings. The number of nitrogens with two attached hydrogens (primary N) is 1. The second kappa shape index (κ2) is 15.6. The van der Waals surface area contributed by atoms with Gasteiger partial charge in [-0.1, -0.05) is 44.2 Å². The normalized spacial score (nSPS) is 14.8. The zero-order chi connectivity index (χ0) is 31.5. The number of aliphatic carboxylic acids is 1. The lowest BCUT2D eigenvalue weighted by Crippen LogP contribution is -2.53. The molecule has 0 bridgehead atoms. The number of carbonyl (C=O) groups excluding carboxylic acids is 4. The number of benzene rings is 2. The molecule has 12 heteroatoms. The number of carboxylic acids is 1. The fourth-order valence-corrected chi connectivity index (χ4v) is 4.71. The number of piperidine rings is 1. The highest BCUT2D eigenvalue weighted by molar-refractivity contribution is 5.90. The van der Waals surface area contributed by atoms with Crippen LogP contribution in [0.2, 0.25) is 0 Å². The van der Waals surface area contributed by atoms with Crippen LogP contribution in [0.15, 0.2) is 48.5 Å². The summed E-state index contributed by atoms with van der Waals surface area (Å²) >= 11 is 0. The molecule has 1 saturated heterocycles. The standard InChI is InChI=1S/C31H40N4O8/c1-19(2)16-24(33-27(36)18-42-26-7-5-4-6-20(26)3)29(38)34-25(30(39)40)17-21-8-10-23(11-9-21)43-31(41)35-14-12-22(13-15-35)28(32)37/h4-11,19,22,24-25H,12-18H2,1-3H3,(H2,32,37)(H,33,36)(H,34,38)(H,39,40)/t24-,25+/m1/s1. The van der Waals surface area contributed by atoms with Crippen LogP contribution in [0.25, 0.3) is 0 Å². The Bertz CT molecular complexity index is 1290. The number of hydrogen-bond acceptors (Lipinski definition) is 7. The van der Waals surface area contributed by atoms with E-state index in [4.69, 9.17) is 15.2 Å². The molecule has 1 aliphatic rings. The van der Waals surface area contributed by atoms with E-state index in [1.807, 2.05) is 32.9 Å². The number of nitrogens with zero attached hydrogens (tertiary/aromatic N) is 1. The summed E-state index contributed by atoms with van der Waals surface area (Å²) in [6, 6.07) is 11.3. The van der Waals surface area contributed by atoms with E-state index in [2.05, 4.69) is 10.6 Å². The predicted octanol–water partition coefficient (Wildman–Crippen LogP) is 2.41. The SMILES string of the molecule is Cc1ccccc1OCC(=O)N[C@H](CC(C)C)C(=O)N[C@@H](Cc1ccc(OC(=O)N2CCC(C(N)=O)CC2)cc1)C(=O)O. The van der Waals surface area contributed by atoms with Crippen molar-refractivity contribution in [3.63, 3.8) is 0 Å². The van der Waals surface area contributed by atoms with Gasteiger partial charge in [-0.3, -0.25) is 14.4 Å². The third kappa shape index (κ3) is 10.3. The molecule has 232 valence electrons. The van der Waals surface area contributed by atoms with Crippen molar-refractivity contribution in [2.75, 3.05) is 19.7 Å². The fourth-order valence-electron chi connectivity index (χ4n) is 4.71. The van der Waals surface area contributed by atoms with Gasteiger partial charge in [-0.2, -0.15) is 0 Å². The Morgan fingerprint density at radius 3 is 2.21 bits per heavy atom. The quantitative estimate of drug-likeness (QED) is 0.272. The minimum atomic E-state index is -1.26. The number of amides is 4. The van der Waals surface area contributed by atoms with Gasteiger partial charge in [0.05, 0.1) is 0 Å². The monoisotopic (exact) mass is 596 g/mol. The molecule has 4 amide bonds. The van der Waals surface area contributed by atoms with Gasteiger partial charge in [0, 0.05) is 25.4 Å². The summed E-state index contributed by atoms with van der Waals surface area (Å²) in [5, 5.41) is 15.0. The van der Waals surface area contributed by atoms with Gasteiger partial charge in [0.2, 0.25) is 11.8 Å². The average Bonchev–Trinajstić information content (AvgIpc) is 2.96. The van der Waals surface area contributed by atoms with Gasteiger partial charge in [0.1, 0.15) is 23.6 Å². The first-order valence-corrected chi connectivity index (χ1v) is 14.3. The first-order chi connectivity index (χ1) is 20.4. The largest absolute Gasteiger partial charge is 0.484 e. The molecule has 2 atom stereocenters. The number of rotatable bonds is 13. The number of para-hydroxylation sites is 1. The van der Waals surface area contributed by atoms with Crippen LogP contribution in [-0.4, -0.2) is 71.6 Å². The smallest absolute Gasteiger partial charge is 0.415 e. The van der Waals surface area contributed by atoms with Crippen molar-refractivity contribution in [3.05, 3.63) is 59.7 Å². The van der Waals surface area contributed by atoms with E-state index in [0.29, 0.717) is 43.7 Å². The van der Waals surface area contributed by atoms with Gasteiger partial charge in [-0.25, -0.2) is 9.59 Å². The van der Waals surface area contributed by atoms with Gasteiger partial charge in [0.15, 0.2) is 6.61 Å². The molecule has 0 radical (unpaired) electrons. The van der Waals surface area contributed by atoms with E-state index in [-0.39, 0.29) is 36.5 Å². The molecule has 5 N–H and O–H groups in total. The van der Waals surface area contributed by atoms with E-state index in [1.165, 1.54) is 4.90 Å². The topological polar surface area (TPSA) is 177 Å². The number of carbonyl (C=O) groups is 5. The maximum absolute atomic E-state index is 13.1. The summed E-state index contributed by atoms with van der Waals surface area (Å²) in [5.41, 5.74) is 6.79. The Morgan fingerprint density at radius 2 is 1.63 bits per heavy atom. The van der Waals surface area contributed by atoms with Crippen molar-refractivity contribution in [1.29, 1.82) is 0 Å². The van der Waals surface area contributed by atoms with E-state index >= 15 is 0 Å². The number of aryl methyl sites for hydroxylation is 1. The summed E-state index contributed by atoms with van der Waals surface area (Å²) in [6.45, 7) is 6.07. The van der Waals surface area contributed by atoms with Gasteiger partial charge >= 0.3 is 12.1 Å². The molecule has 0 saturated carbocycles. The number of nitrogens with one attached hydrogen (secondary N) is 2. The first-order valence-electron chi connectivity index (χ1n) is 14.3. The van der Waals surface area contributed by atoms with Crippen LogP contribution in [0.3, 0.4) is 0 Å². The van der Waals surface area contributed by atoms with Crippen molar-refractivity contribution < 1.29 is 38.6 Å². The van der Waals surface area contributed by atoms with Crippen molar-refractivity contribution in [2.24, 2.45) is 17.6 Å². The van der Waals surface area contributed by atoms with Crippen LogP contribution >= 0.6 is 0 Å². The molecule has 1 heterocycles. The van der Waals surface area contributed by atoms with E-state index in [9.17, 15) is 29.1 Å². The lowest BCUT2D eigenvalue weighted by molar-refractivity contribution is -0.142. The van der Waals surface area contributed by atoms with Crippen molar-refractivity contribution >= 4 is 29.8 Å². The van der Waals surface area contributed by atoms with Gasteiger partial charge in [0.25, 0.3) is 5.91 Å². The highest BCUT2D eigenvalue weighted by Crippen LogP contribution is 2.20. The lowest BCUT2D eigenvalue weighted by atomic mass is 9.97. The van der Waals surface area contributed by atoms with Gasteiger partial charge in [-0.15, -0.1) is 0 Å².